The zero-order chi connectivity index (χ0) is 22.0. The minimum absolute atomic E-state index is 0.0632. The summed E-state index contributed by atoms with van der Waals surface area (Å²) >= 11 is 0. The van der Waals surface area contributed by atoms with Crippen LogP contribution in [-0.2, 0) is 18.9 Å². The number of Topliss-reactive ketones (excluding diaryl/α,β-unsaturated/α-hetero) is 1. The first-order valence-electron chi connectivity index (χ1n) is 10.4. The average molecular weight is 408 g/mol. The Balaban J connectivity index is 2.02. The third kappa shape index (κ3) is 3.06. The summed E-state index contributed by atoms with van der Waals surface area (Å²) < 4.78 is 2.60. The van der Waals surface area contributed by atoms with Gasteiger partial charge in [0, 0.05) is 37.7 Å². The Morgan fingerprint density at radius 3 is 2.23 bits per heavy atom. The van der Waals surface area contributed by atoms with E-state index in [9.17, 15) is 14.4 Å². The molecule has 0 bridgehead atoms. The van der Waals surface area contributed by atoms with Crippen LogP contribution in [0.15, 0.2) is 45.1 Å². The number of allylic oxidation sites excluding steroid dienone is 2. The highest BCUT2D eigenvalue weighted by molar-refractivity contribution is 6.01. The Morgan fingerprint density at radius 2 is 1.63 bits per heavy atom. The maximum absolute atomic E-state index is 13.3. The van der Waals surface area contributed by atoms with Crippen molar-refractivity contribution in [1.82, 2.24) is 9.13 Å². The van der Waals surface area contributed by atoms with Gasteiger partial charge in [-0.05, 0) is 28.9 Å². The van der Waals surface area contributed by atoms with Crippen LogP contribution in [0.25, 0.3) is 0 Å². The largest absolute Gasteiger partial charge is 0.344 e. The van der Waals surface area contributed by atoms with Crippen LogP contribution in [-0.4, -0.2) is 14.9 Å². The van der Waals surface area contributed by atoms with Crippen LogP contribution in [0.5, 0.6) is 0 Å². The first-order chi connectivity index (χ1) is 14.0. The SMILES string of the molecule is CC(C)c1ccc(C2C3=C(CC(C)(C)CC3=O)Nc3c2c(=O)n(C)c(=O)n3C)cc1. The molecular formula is C24H29N3O3. The molecule has 2 heterocycles. The molecule has 1 aliphatic carbocycles. The van der Waals surface area contributed by atoms with Gasteiger partial charge in [-0.2, -0.15) is 0 Å². The van der Waals surface area contributed by atoms with E-state index in [0.29, 0.717) is 35.7 Å². The number of nitrogens with zero attached hydrogens (tertiary/aromatic N) is 2. The number of carbonyl (C=O) groups excluding carboxylic acids is 1. The number of fused-ring (bicyclic) bond motifs is 1. The predicted molar refractivity (Wildman–Crippen MR) is 118 cm³/mol. The normalized spacial score (nSPS) is 20.1. The lowest BCUT2D eigenvalue weighted by atomic mass is 9.69. The Hall–Kier alpha value is -2.89. The van der Waals surface area contributed by atoms with E-state index in [1.807, 2.05) is 12.1 Å². The van der Waals surface area contributed by atoms with Crippen LogP contribution in [0.3, 0.4) is 0 Å². The van der Waals surface area contributed by atoms with Gasteiger partial charge < -0.3 is 5.32 Å². The number of ketones is 1. The maximum Gasteiger partial charge on any atom is 0.332 e. The topological polar surface area (TPSA) is 73.1 Å². The molecule has 0 spiro atoms. The Morgan fingerprint density at radius 1 is 1.00 bits per heavy atom. The molecule has 158 valence electrons. The summed E-state index contributed by atoms with van der Waals surface area (Å²) in [5, 5.41) is 3.30. The average Bonchev–Trinajstić information content (AvgIpc) is 2.68. The van der Waals surface area contributed by atoms with Crippen molar-refractivity contribution in [2.24, 2.45) is 19.5 Å². The van der Waals surface area contributed by atoms with E-state index in [-0.39, 0.29) is 22.4 Å². The van der Waals surface area contributed by atoms with Gasteiger partial charge in [0.05, 0.1) is 5.56 Å². The summed E-state index contributed by atoms with van der Waals surface area (Å²) in [6, 6.07) is 8.14. The van der Waals surface area contributed by atoms with E-state index in [4.69, 9.17) is 0 Å². The van der Waals surface area contributed by atoms with Gasteiger partial charge >= 0.3 is 5.69 Å². The van der Waals surface area contributed by atoms with Gasteiger partial charge in [-0.25, -0.2) is 4.79 Å². The fourth-order valence-corrected chi connectivity index (χ4v) is 4.76. The van der Waals surface area contributed by atoms with E-state index < -0.39 is 5.92 Å². The van der Waals surface area contributed by atoms with Crippen LogP contribution >= 0.6 is 0 Å². The second kappa shape index (κ2) is 6.83. The number of nitrogens with one attached hydrogen (secondary N) is 1. The van der Waals surface area contributed by atoms with Gasteiger partial charge in [0.25, 0.3) is 5.56 Å². The summed E-state index contributed by atoms with van der Waals surface area (Å²) in [6.07, 6.45) is 1.13. The third-order valence-corrected chi connectivity index (χ3v) is 6.40. The number of anilines is 1. The summed E-state index contributed by atoms with van der Waals surface area (Å²) in [4.78, 5) is 39.1. The molecule has 1 aromatic carbocycles. The van der Waals surface area contributed by atoms with Gasteiger partial charge in [0.1, 0.15) is 5.82 Å². The molecule has 2 aromatic rings. The monoisotopic (exact) mass is 407 g/mol. The van der Waals surface area contributed by atoms with E-state index in [0.717, 1.165) is 15.8 Å². The fraction of sp³-hybridized carbons (Fsp3) is 0.458. The smallest absolute Gasteiger partial charge is 0.332 e. The van der Waals surface area contributed by atoms with Crippen molar-refractivity contribution in [2.75, 3.05) is 5.32 Å². The highest BCUT2D eigenvalue weighted by atomic mass is 16.2. The molecule has 30 heavy (non-hydrogen) atoms. The lowest BCUT2D eigenvalue weighted by Crippen LogP contribution is -2.45. The Labute approximate surface area is 176 Å². The molecule has 1 aliphatic heterocycles. The first-order valence-corrected chi connectivity index (χ1v) is 10.4. The highest BCUT2D eigenvalue weighted by Gasteiger charge is 2.42. The number of rotatable bonds is 2. The fourth-order valence-electron chi connectivity index (χ4n) is 4.76. The van der Waals surface area contributed by atoms with E-state index >= 15 is 0 Å². The number of benzene rings is 1. The number of hydrogen-bond acceptors (Lipinski definition) is 4. The maximum atomic E-state index is 13.3. The quantitative estimate of drug-likeness (QED) is 0.828. The van der Waals surface area contributed by atoms with Gasteiger partial charge in [0.15, 0.2) is 5.78 Å². The van der Waals surface area contributed by atoms with Gasteiger partial charge in [-0.3, -0.25) is 18.7 Å². The summed E-state index contributed by atoms with van der Waals surface area (Å²) in [7, 11) is 3.15. The van der Waals surface area contributed by atoms with Crippen LogP contribution in [0.4, 0.5) is 5.82 Å². The predicted octanol–water partition coefficient (Wildman–Crippen LogP) is 3.41. The molecule has 1 unspecified atom stereocenters. The second-order valence-electron chi connectivity index (χ2n) is 9.68. The second-order valence-corrected chi connectivity index (χ2v) is 9.68. The van der Waals surface area contributed by atoms with Crippen molar-refractivity contribution >= 4 is 11.6 Å². The van der Waals surface area contributed by atoms with Gasteiger partial charge in [-0.15, -0.1) is 0 Å². The molecule has 0 radical (unpaired) electrons. The molecule has 0 fully saturated rings. The van der Waals surface area contributed by atoms with Crippen molar-refractivity contribution in [3.63, 3.8) is 0 Å². The van der Waals surface area contributed by atoms with Crippen LogP contribution in [0.2, 0.25) is 0 Å². The summed E-state index contributed by atoms with van der Waals surface area (Å²) in [5.41, 5.74) is 3.13. The first kappa shape index (κ1) is 20.4. The summed E-state index contributed by atoms with van der Waals surface area (Å²) in [5.74, 6) is 0.463. The van der Waals surface area contributed by atoms with Crippen molar-refractivity contribution in [1.29, 1.82) is 0 Å². The molecule has 1 aromatic heterocycles. The molecule has 0 saturated heterocycles. The number of hydrogen-bond donors (Lipinski definition) is 1. The van der Waals surface area contributed by atoms with Gasteiger partial charge in [-0.1, -0.05) is 52.0 Å². The standard InChI is InChI=1S/C24H29N3O3/c1-13(2)14-7-9-15(10-8-14)18-19-16(11-24(3,4)12-17(19)28)25-21-20(18)22(29)27(6)23(30)26(21)5/h7-10,13,18,25H,11-12H2,1-6H3. The van der Waals surface area contributed by atoms with Crippen LogP contribution in [0.1, 0.15) is 69.1 Å². The molecule has 2 aliphatic rings. The Bertz CT molecular complexity index is 1190. The minimum atomic E-state index is -0.480. The van der Waals surface area contributed by atoms with Crippen LogP contribution < -0.4 is 16.6 Å². The van der Waals surface area contributed by atoms with Crippen molar-refractivity contribution in [3.05, 3.63) is 73.1 Å². The van der Waals surface area contributed by atoms with Crippen molar-refractivity contribution < 1.29 is 4.79 Å². The molecular weight excluding hydrogens is 378 g/mol. The van der Waals surface area contributed by atoms with Gasteiger partial charge in [0.2, 0.25) is 0 Å². The molecule has 6 nitrogen and oxygen atoms in total. The van der Waals surface area contributed by atoms with Crippen molar-refractivity contribution in [2.45, 2.75) is 52.4 Å². The van der Waals surface area contributed by atoms with Crippen LogP contribution in [0, 0.1) is 5.41 Å². The molecule has 1 N–H and O–H groups in total. The zero-order valence-corrected chi connectivity index (χ0v) is 18.5. The third-order valence-electron chi connectivity index (χ3n) is 6.40. The van der Waals surface area contributed by atoms with Crippen molar-refractivity contribution in [3.8, 4) is 0 Å². The molecule has 1 atom stereocenters. The lowest BCUT2D eigenvalue weighted by Gasteiger charge is -2.39. The molecule has 4 rings (SSSR count). The van der Waals surface area contributed by atoms with E-state index in [1.165, 1.54) is 17.2 Å². The minimum Gasteiger partial charge on any atom is -0.344 e. The molecule has 0 saturated carbocycles. The van der Waals surface area contributed by atoms with E-state index in [1.54, 1.807) is 7.05 Å². The molecule has 6 heteroatoms. The number of carbonyl (C=O) groups is 1. The lowest BCUT2D eigenvalue weighted by molar-refractivity contribution is -0.118. The highest BCUT2D eigenvalue weighted by Crippen LogP contribution is 2.47. The summed E-state index contributed by atoms with van der Waals surface area (Å²) in [6.45, 7) is 8.41. The Kier molecular flexibility index (Phi) is 4.64. The number of aromatic nitrogens is 2. The zero-order valence-electron chi connectivity index (χ0n) is 18.5. The molecule has 0 amide bonds. The van der Waals surface area contributed by atoms with E-state index in [2.05, 4.69) is 45.1 Å².